The minimum atomic E-state index is -0.485. The van der Waals surface area contributed by atoms with E-state index in [9.17, 15) is 10.1 Å². The normalized spacial score (nSPS) is 23.7. The zero-order valence-corrected chi connectivity index (χ0v) is 25.2. The Morgan fingerprint density at radius 1 is 1.19 bits per heavy atom. The van der Waals surface area contributed by atoms with E-state index in [1.165, 1.54) is 6.08 Å². The molecule has 1 unspecified atom stereocenters. The lowest BCUT2D eigenvalue weighted by Crippen LogP contribution is -2.55. The summed E-state index contributed by atoms with van der Waals surface area (Å²) in [6, 6.07) is 14.2. The quantitative estimate of drug-likeness (QED) is 0.354. The van der Waals surface area contributed by atoms with Gasteiger partial charge in [0, 0.05) is 41.6 Å². The molecular weight excluding hydrogens is 568 g/mol. The molecule has 4 atom stereocenters. The lowest BCUT2D eigenvalue weighted by molar-refractivity contribution is -0.128. The predicted molar refractivity (Wildman–Crippen MR) is 164 cm³/mol. The Morgan fingerprint density at radius 3 is 2.74 bits per heavy atom. The molecular formula is C32H35ClN6O4. The van der Waals surface area contributed by atoms with Crippen molar-refractivity contribution in [3.8, 4) is 23.7 Å². The highest BCUT2D eigenvalue weighted by molar-refractivity contribution is 6.35. The van der Waals surface area contributed by atoms with Crippen LogP contribution in [0, 0.1) is 11.3 Å². The lowest BCUT2D eigenvalue weighted by Gasteiger charge is -2.42. The number of likely N-dealkylation sites (N-methyl/N-ethyl adjacent to an activating group) is 1. The third kappa shape index (κ3) is 5.67. The first-order valence-corrected chi connectivity index (χ1v) is 15.1. The number of nitrogens with zero attached hydrogens (tertiary/aromatic N) is 6. The smallest absolute Gasteiger partial charge is 0.322 e. The van der Waals surface area contributed by atoms with Crippen LogP contribution in [-0.2, 0) is 4.79 Å². The minimum Gasteiger partial charge on any atom is -0.478 e. The number of fused-ring (bicyclic) bond motifs is 2. The zero-order chi connectivity index (χ0) is 30.1. The number of rotatable bonds is 7. The number of nitriles is 1. The van der Waals surface area contributed by atoms with Gasteiger partial charge in [0.05, 0.1) is 18.5 Å². The van der Waals surface area contributed by atoms with Gasteiger partial charge in [-0.2, -0.15) is 15.2 Å². The summed E-state index contributed by atoms with van der Waals surface area (Å²) in [4.78, 5) is 28.0. The topological polar surface area (TPSA) is 104 Å². The van der Waals surface area contributed by atoms with Crippen molar-refractivity contribution in [1.82, 2.24) is 19.8 Å². The summed E-state index contributed by atoms with van der Waals surface area (Å²) in [5.74, 6) is 1.03. The van der Waals surface area contributed by atoms with Crippen LogP contribution in [0.15, 0.2) is 49.1 Å². The number of ether oxygens (including phenoxy) is 3. The van der Waals surface area contributed by atoms with Crippen LogP contribution < -0.4 is 19.1 Å². The molecule has 0 spiro atoms. The Hall–Kier alpha value is -4.07. The number of hydrogen-bond donors (Lipinski definition) is 0. The van der Waals surface area contributed by atoms with Crippen molar-refractivity contribution in [2.45, 2.75) is 50.5 Å². The van der Waals surface area contributed by atoms with Gasteiger partial charge in [-0.25, -0.2) is 0 Å². The molecule has 0 saturated carbocycles. The van der Waals surface area contributed by atoms with E-state index in [-0.39, 0.29) is 36.3 Å². The largest absolute Gasteiger partial charge is 0.478 e. The third-order valence-corrected chi connectivity index (χ3v) is 8.92. The Balaban J connectivity index is 1.37. The molecule has 1 amide bonds. The van der Waals surface area contributed by atoms with Crippen LogP contribution in [0.4, 0.5) is 5.82 Å². The molecule has 3 aromatic rings. The zero-order valence-electron chi connectivity index (χ0n) is 24.4. The molecule has 2 saturated heterocycles. The fourth-order valence-corrected chi connectivity index (χ4v) is 6.59. The number of carbonyl (C=O) groups is 1. The van der Waals surface area contributed by atoms with Gasteiger partial charge in [0.2, 0.25) is 11.7 Å². The molecule has 43 heavy (non-hydrogen) atoms. The van der Waals surface area contributed by atoms with Crippen molar-refractivity contribution < 1.29 is 19.0 Å². The van der Waals surface area contributed by atoms with Gasteiger partial charge in [0.15, 0.2) is 11.9 Å². The van der Waals surface area contributed by atoms with Gasteiger partial charge in [-0.05, 0) is 50.9 Å². The average Bonchev–Trinajstić information content (AvgIpc) is 3.43. The number of benzene rings is 2. The summed E-state index contributed by atoms with van der Waals surface area (Å²) in [7, 11) is 2.10. The second-order valence-electron chi connectivity index (χ2n) is 11.3. The number of piperazine rings is 1. The number of aromatic nitrogens is 2. The maximum atomic E-state index is 12.5. The van der Waals surface area contributed by atoms with Crippen LogP contribution in [0.1, 0.15) is 37.9 Å². The maximum absolute atomic E-state index is 12.5. The SMILES string of the molecule is C=CC(=O)N1CCN(c2nc(OC[C@@H]3CCCN3C)nc3c2O[C@@H](C)C(c2cccc4cccc(Cl)c24)O3)C[C@@H]1CC#N. The second-order valence-corrected chi connectivity index (χ2v) is 11.7. The third-order valence-electron chi connectivity index (χ3n) is 8.60. The van der Waals surface area contributed by atoms with Crippen LogP contribution in [-0.4, -0.2) is 83.7 Å². The lowest BCUT2D eigenvalue weighted by atomic mass is 9.97. The second kappa shape index (κ2) is 12.3. The molecule has 3 aliphatic rings. The predicted octanol–water partition coefficient (Wildman–Crippen LogP) is 4.77. The van der Waals surface area contributed by atoms with E-state index >= 15 is 0 Å². The van der Waals surface area contributed by atoms with E-state index in [0.717, 1.165) is 35.7 Å². The molecule has 224 valence electrons. The van der Waals surface area contributed by atoms with Crippen LogP contribution >= 0.6 is 11.6 Å². The number of anilines is 1. The van der Waals surface area contributed by atoms with Gasteiger partial charge in [0.25, 0.3) is 5.88 Å². The molecule has 4 heterocycles. The Bertz CT molecular complexity index is 1570. The summed E-state index contributed by atoms with van der Waals surface area (Å²) in [5, 5.41) is 12.1. The number of likely N-dealkylation sites (tertiary alicyclic amines) is 1. The highest BCUT2D eigenvalue weighted by Crippen LogP contribution is 2.46. The molecule has 0 N–H and O–H groups in total. The fraction of sp³-hybridized carbons (Fsp3) is 0.438. The van der Waals surface area contributed by atoms with E-state index in [1.807, 2.05) is 48.2 Å². The van der Waals surface area contributed by atoms with Gasteiger partial charge >= 0.3 is 6.01 Å². The number of halogens is 1. The Labute approximate surface area is 256 Å². The van der Waals surface area contributed by atoms with E-state index < -0.39 is 12.2 Å². The van der Waals surface area contributed by atoms with Gasteiger partial charge in [0.1, 0.15) is 12.7 Å². The summed E-state index contributed by atoms with van der Waals surface area (Å²) in [6.45, 7) is 8.34. The minimum absolute atomic E-state index is 0.179. The first kappa shape index (κ1) is 29.0. The van der Waals surface area contributed by atoms with E-state index in [2.05, 4.69) is 24.6 Å². The number of amides is 1. The van der Waals surface area contributed by atoms with E-state index in [0.29, 0.717) is 42.8 Å². The van der Waals surface area contributed by atoms with Crippen molar-refractivity contribution in [2.24, 2.45) is 0 Å². The van der Waals surface area contributed by atoms with E-state index in [4.69, 9.17) is 35.8 Å². The molecule has 0 bridgehead atoms. The van der Waals surface area contributed by atoms with Crippen molar-refractivity contribution in [3.05, 3.63) is 59.6 Å². The van der Waals surface area contributed by atoms with Crippen molar-refractivity contribution in [2.75, 3.05) is 44.7 Å². The van der Waals surface area contributed by atoms with E-state index in [1.54, 1.807) is 4.90 Å². The van der Waals surface area contributed by atoms with Crippen LogP contribution in [0.25, 0.3) is 10.8 Å². The summed E-state index contributed by atoms with van der Waals surface area (Å²) < 4.78 is 19.4. The van der Waals surface area contributed by atoms with Gasteiger partial charge in [-0.15, -0.1) is 0 Å². The molecule has 1 aromatic heterocycles. The molecule has 11 heteroatoms. The Morgan fingerprint density at radius 2 is 2.00 bits per heavy atom. The molecule has 2 fully saturated rings. The summed E-state index contributed by atoms with van der Waals surface area (Å²) in [5.41, 5.74) is 0.905. The van der Waals surface area contributed by atoms with Crippen LogP contribution in [0.2, 0.25) is 5.02 Å². The number of carbonyl (C=O) groups excluding carboxylic acids is 1. The maximum Gasteiger partial charge on any atom is 0.322 e. The standard InChI is InChI=1S/C32H35ClN6O4/c1-4-26(40)39-17-16-38(18-22(39)13-14-34)30-29-31(36-32(35-30)41-19-23-10-7-15-37(23)3)43-28(20(2)42-29)24-11-5-8-21-9-6-12-25(33)27(21)24/h4-6,8-9,11-12,20,22-23,28H,1,7,10,13,15-19H2,2-3H3/t20-,22-,23-,28?/m0/s1. The van der Waals surface area contributed by atoms with Gasteiger partial charge in [-0.1, -0.05) is 48.5 Å². The molecule has 6 rings (SSSR count). The summed E-state index contributed by atoms with van der Waals surface area (Å²) >= 11 is 6.67. The monoisotopic (exact) mass is 602 g/mol. The van der Waals surface area contributed by atoms with Crippen molar-refractivity contribution in [1.29, 1.82) is 5.26 Å². The number of hydrogen-bond acceptors (Lipinski definition) is 9. The molecule has 0 aliphatic carbocycles. The van der Waals surface area contributed by atoms with Crippen LogP contribution in [0.5, 0.6) is 17.6 Å². The molecule has 10 nitrogen and oxygen atoms in total. The van der Waals surface area contributed by atoms with Gasteiger partial charge < -0.3 is 28.9 Å². The first-order chi connectivity index (χ1) is 20.9. The summed E-state index contributed by atoms with van der Waals surface area (Å²) in [6.07, 6.45) is 2.76. The molecule has 3 aliphatic heterocycles. The highest BCUT2D eigenvalue weighted by Gasteiger charge is 2.38. The molecule has 0 radical (unpaired) electrons. The van der Waals surface area contributed by atoms with Crippen LogP contribution in [0.3, 0.4) is 0 Å². The van der Waals surface area contributed by atoms with Gasteiger partial charge in [-0.3, -0.25) is 4.79 Å². The van der Waals surface area contributed by atoms with Crippen molar-refractivity contribution in [3.63, 3.8) is 0 Å². The Kier molecular flexibility index (Phi) is 8.28. The first-order valence-electron chi connectivity index (χ1n) is 14.7. The molecule has 2 aromatic carbocycles. The average molecular weight is 603 g/mol. The van der Waals surface area contributed by atoms with Crippen molar-refractivity contribution >= 4 is 34.1 Å². The fourth-order valence-electron chi connectivity index (χ4n) is 6.30. The highest BCUT2D eigenvalue weighted by atomic mass is 35.5.